The van der Waals surface area contributed by atoms with E-state index in [0.29, 0.717) is 18.3 Å². The third kappa shape index (κ3) is 2.87. The molecule has 1 aromatic rings. The summed E-state index contributed by atoms with van der Waals surface area (Å²) in [5.74, 6) is 0.110. The largest absolute Gasteiger partial charge is 0.481 e. The predicted molar refractivity (Wildman–Crippen MR) is 68.1 cm³/mol. The lowest BCUT2D eigenvalue weighted by molar-refractivity contribution is -0.138. The van der Waals surface area contributed by atoms with Crippen LogP contribution in [0.25, 0.3) is 0 Å². The summed E-state index contributed by atoms with van der Waals surface area (Å²) in [6.45, 7) is 2.13. The van der Waals surface area contributed by atoms with Gasteiger partial charge in [-0.25, -0.2) is 0 Å². The smallest absolute Gasteiger partial charge is 0.303 e. The Hall–Kier alpha value is -1.31. The zero-order chi connectivity index (χ0) is 12.3. The van der Waals surface area contributed by atoms with E-state index in [1.165, 1.54) is 24.0 Å². The van der Waals surface area contributed by atoms with Crippen molar-refractivity contribution in [3.8, 4) is 0 Å². The molecule has 0 heterocycles. The van der Waals surface area contributed by atoms with Gasteiger partial charge in [-0.2, -0.15) is 0 Å². The molecule has 0 spiro atoms. The van der Waals surface area contributed by atoms with Gasteiger partial charge in [0, 0.05) is 6.42 Å². The number of hydrogen-bond donors (Lipinski definition) is 1. The first-order valence-corrected chi connectivity index (χ1v) is 6.46. The van der Waals surface area contributed by atoms with Gasteiger partial charge in [0.25, 0.3) is 0 Å². The maximum absolute atomic E-state index is 10.9. The van der Waals surface area contributed by atoms with Crippen LogP contribution in [0.2, 0.25) is 0 Å². The lowest BCUT2D eigenvalue weighted by Gasteiger charge is -2.32. The van der Waals surface area contributed by atoms with Gasteiger partial charge in [0.2, 0.25) is 0 Å². The second-order valence-electron chi connectivity index (χ2n) is 5.11. The van der Waals surface area contributed by atoms with E-state index < -0.39 is 5.97 Å². The molecule has 0 aliphatic heterocycles. The maximum atomic E-state index is 10.9. The molecule has 2 heteroatoms. The van der Waals surface area contributed by atoms with E-state index >= 15 is 0 Å². The van der Waals surface area contributed by atoms with E-state index in [1.54, 1.807) is 0 Å². The molecule has 2 nitrogen and oxygen atoms in total. The van der Waals surface area contributed by atoms with E-state index in [1.807, 2.05) is 6.07 Å². The average Bonchev–Trinajstić information content (AvgIpc) is 2.30. The number of rotatable bonds is 3. The highest BCUT2D eigenvalue weighted by Gasteiger charge is 2.28. The molecule has 1 N–H and O–H groups in total. The van der Waals surface area contributed by atoms with Crippen LogP contribution < -0.4 is 0 Å². The molecule has 1 fully saturated rings. The Morgan fingerprint density at radius 3 is 2.71 bits per heavy atom. The Morgan fingerprint density at radius 1 is 1.29 bits per heavy atom. The molecule has 2 atom stereocenters. The Bertz CT molecular complexity index is 398. The second-order valence-corrected chi connectivity index (χ2v) is 5.11. The van der Waals surface area contributed by atoms with Gasteiger partial charge in [0.05, 0.1) is 0 Å². The molecule has 2 rings (SSSR count). The van der Waals surface area contributed by atoms with Gasteiger partial charge < -0.3 is 5.11 Å². The molecular formula is C15H20O2. The van der Waals surface area contributed by atoms with Crippen molar-refractivity contribution < 1.29 is 9.90 Å². The minimum absolute atomic E-state index is 0.318. The van der Waals surface area contributed by atoms with E-state index in [4.69, 9.17) is 5.11 Å². The van der Waals surface area contributed by atoms with Crippen molar-refractivity contribution in [2.75, 3.05) is 0 Å². The van der Waals surface area contributed by atoms with Crippen molar-refractivity contribution >= 4 is 5.97 Å². The zero-order valence-electron chi connectivity index (χ0n) is 10.4. The van der Waals surface area contributed by atoms with Crippen molar-refractivity contribution in [3.63, 3.8) is 0 Å². The van der Waals surface area contributed by atoms with Crippen LogP contribution in [0.3, 0.4) is 0 Å². The quantitative estimate of drug-likeness (QED) is 0.861. The molecule has 17 heavy (non-hydrogen) atoms. The normalized spacial score (nSPS) is 24.5. The van der Waals surface area contributed by atoms with Gasteiger partial charge in [-0.3, -0.25) is 4.79 Å². The van der Waals surface area contributed by atoms with Crippen LogP contribution in [0.15, 0.2) is 24.3 Å². The SMILES string of the molecule is Cc1ccccc1C1CCCCC1CC(=O)O. The van der Waals surface area contributed by atoms with Crippen LogP contribution in [0.1, 0.15) is 49.1 Å². The molecule has 0 radical (unpaired) electrons. The first-order valence-electron chi connectivity index (χ1n) is 6.46. The standard InChI is InChI=1S/C15H20O2/c1-11-6-2-4-8-13(11)14-9-5-3-7-12(14)10-15(16)17/h2,4,6,8,12,14H,3,5,7,9-10H2,1H3,(H,16,17). The van der Waals surface area contributed by atoms with Crippen molar-refractivity contribution in [2.24, 2.45) is 5.92 Å². The monoisotopic (exact) mass is 232 g/mol. The van der Waals surface area contributed by atoms with E-state index in [9.17, 15) is 4.79 Å². The average molecular weight is 232 g/mol. The van der Waals surface area contributed by atoms with Gasteiger partial charge in [-0.1, -0.05) is 37.1 Å². The van der Waals surface area contributed by atoms with Gasteiger partial charge >= 0.3 is 5.97 Å². The Balaban J connectivity index is 2.21. The Morgan fingerprint density at radius 2 is 2.00 bits per heavy atom. The molecule has 0 saturated heterocycles. The number of carboxylic acid groups (broad SMARTS) is 1. The van der Waals surface area contributed by atoms with Crippen LogP contribution in [-0.2, 0) is 4.79 Å². The first-order chi connectivity index (χ1) is 8.18. The molecule has 2 unspecified atom stereocenters. The minimum atomic E-state index is -0.657. The summed E-state index contributed by atoms with van der Waals surface area (Å²) in [6, 6.07) is 8.41. The predicted octanol–water partition coefficient (Wildman–Crippen LogP) is 3.74. The fourth-order valence-electron chi connectivity index (χ4n) is 3.09. The molecule has 0 bridgehead atoms. The Labute approximate surface area is 103 Å². The van der Waals surface area contributed by atoms with Crippen molar-refractivity contribution in [1.82, 2.24) is 0 Å². The van der Waals surface area contributed by atoms with Gasteiger partial charge in [0.15, 0.2) is 0 Å². The highest BCUT2D eigenvalue weighted by Crippen LogP contribution is 2.40. The summed E-state index contributed by atoms with van der Waals surface area (Å²) >= 11 is 0. The molecule has 0 amide bonds. The maximum Gasteiger partial charge on any atom is 0.303 e. The molecular weight excluding hydrogens is 212 g/mol. The van der Waals surface area contributed by atoms with Crippen LogP contribution in [0.5, 0.6) is 0 Å². The van der Waals surface area contributed by atoms with E-state index in [2.05, 4.69) is 25.1 Å². The lowest BCUT2D eigenvalue weighted by atomic mass is 9.73. The number of hydrogen-bond acceptors (Lipinski definition) is 1. The fraction of sp³-hybridized carbons (Fsp3) is 0.533. The van der Waals surface area contributed by atoms with Crippen molar-refractivity contribution in [1.29, 1.82) is 0 Å². The summed E-state index contributed by atoms with van der Waals surface area (Å²) in [6.07, 6.45) is 4.93. The molecule has 92 valence electrons. The molecule has 1 aliphatic carbocycles. The number of benzene rings is 1. The van der Waals surface area contributed by atoms with E-state index in [0.717, 1.165) is 12.8 Å². The van der Waals surface area contributed by atoms with Gasteiger partial charge in [0.1, 0.15) is 0 Å². The summed E-state index contributed by atoms with van der Waals surface area (Å²) in [4.78, 5) is 10.9. The number of carbonyl (C=O) groups is 1. The van der Waals surface area contributed by atoms with Gasteiger partial charge in [-0.05, 0) is 42.7 Å². The zero-order valence-corrected chi connectivity index (χ0v) is 10.4. The summed E-state index contributed by atoms with van der Waals surface area (Å²) in [5.41, 5.74) is 2.66. The fourth-order valence-corrected chi connectivity index (χ4v) is 3.09. The summed E-state index contributed by atoms with van der Waals surface area (Å²) < 4.78 is 0. The number of aliphatic carboxylic acids is 1. The molecule has 0 aromatic heterocycles. The minimum Gasteiger partial charge on any atom is -0.481 e. The van der Waals surface area contributed by atoms with Crippen LogP contribution in [-0.4, -0.2) is 11.1 Å². The second kappa shape index (κ2) is 5.35. The van der Waals surface area contributed by atoms with Crippen LogP contribution in [0, 0.1) is 12.8 Å². The Kier molecular flexibility index (Phi) is 3.82. The lowest BCUT2D eigenvalue weighted by Crippen LogP contribution is -2.21. The highest BCUT2D eigenvalue weighted by molar-refractivity contribution is 5.67. The topological polar surface area (TPSA) is 37.3 Å². The summed E-state index contributed by atoms with van der Waals surface area (Å²) in [5, 5.41) is 9.00. The van der Waals surface area contributed by atoms with Crippen molar-refractivity contribution in [2.45, 2.75) is 44.9 Å². The van der Waals surface area contributed by atoms with E-state index in [-0.39, 0.29) is 0 Å². The van der Waals surface area contributed by atoms with Crippen LogP contribution >= 0.6 is 0 Å². The van der Waals surface area contributed by atoms with Crippen molar-refractivity contribution in [3.05, 3.63) is 35.4 Å². The highest BCUT2D eigenvalue weighted by atomic mass is 16.4. The number of aryl methyl sites for hydroxylation is 1. The molecule has 1 saturated carbocycles. The van der Waals surface area contributed by atoms with Gasteiger partial charge in [-0.15, -0.1) is 0 Å². The number of carboxylic acids is 1. The molecule has 1 aliphatic rings. The van der Waals surface area contributed by atoms with Crippen LogP contribution in [0.4, 0.5) is 0 Å². The summed E-state index contributed by atoms with van der Waals surface area (Å²) in [7, 11) is 0. The third-order valence-electron chi connectivity index (χ3n) is 3.93. The third-order valence-corrected chi connectivity index (χ3v) is 3.93. The molecule has 1 aromatic carbocycles. The first kappa shape index (κ1) is 12.2.